The van der Waals surface area contributed by atoms with Crippen LogP contribution in [0.4, 0.5) is 39.5 Å². The van der Waals surface area contributed by atoms with E-state index in [0.29, 0.717) is 25.5 Å². The molecule has 0 amide bonds. The summed E-state index contributed by atoms with van der Waals surface area (Å²) in [5.74, 6) is -4.21. The summed E-state index contributed by atoms with van der Waals surface area (Å²) in [6, 6.07) is 0.726. The lowest BCUT2D eigenvalue weighted by molar-refractivity contribution is -0.288. The number of hydrogen-bond acceptors (Lipinski definition) is 4. The number of benzene rings is 1. The van der Waals surface area contributed by atoms with Gasteiger partial charge in [-0.25, -0.2) is 0 Å². The van der Waals surface area contributed by atoms with Crippen LogP contribution in [0, 0.1) is 11.8 Å². The molecule has 2 unspecified atom stereocenters. The molecule has 180 valence electrons. The summed E-state index contributed by atoms with van der Waals surface area (Å²) in [7, 11) is 0. The molecule has 0 spiro atoms. The van der Waals surface area contributed by atoms with E-state index in [2.05, 4.69) is 14.2 Å². The second-order valence-electron chi connectivity index (χ2n) is 6.90. The van der Waals surface area contributed by atoms with E-state index in [9.17, 15) is 39.5 Å². The molecule has 0 saturated heterocycles. The summed E-state index contributed by atoms with van der Waals surface area (Å²) < 4.78 is 126. The number of hydrogen-bond donors (Lipinski definition) is 1. The molecule has 2 N–H and O–H groups in total. The summed E-state index contributed by atoms with van der Waals surface area (Å²) in [4.78, 5) is 0. The summed E-state index contributed by atoms with van der Waals surface area (Å²) in [5, 5.41) is 0. The van der Waals surface area contributed by atoms with Crippen LogP contribution in [0.3, 0.4) is 0 Å². The average molecular weight is 471 g/mol. The average Bonchev–Trinajstić information content (AvgIpc) is 2.58. The van der Waals surface area contributed by atoms with Gasteiger partial charge in [0.25, 0.3) is 0 Å². The molecular weight excluding hydrogens is 449 g/mol. The highest BCUT2D eigenvalue weighted by molar-refractivity contribution is 5.54. The Kier molecular flexibility index (Phi) is 9.15. The van der Waals surface area contributed by atoms with Crippen molar-refractivity contribution in [3.63, 3.8) is 0 Å². The Bertz CT molecular complexity index is 702. The number of rotatable bonds is 10. The summed E-state index contributed by atoms with van der Waals surface area (Å²) >= 11 is 0. The Hall–Kier alpha value is -2.05. The molecule has 0 aromatic heterocycles. The van der Waals surface area contributed by atoms with Crippen molar-refractivity contribution in [3.05, 3.63) is 17.7 Å². The number of nitrogens with two attached hydrogens (primary N) is 1. The molecule has 0 aliphatic rings. The minimum Gasteiger partial charge on any atom is -0.405 e. The van der Waals surface area contributed by atoms with Gasteiger partial charge < -0.3 is 19.9 Å². The largest absolute Gasteiger partial charge is 0.573 e. The third-order valence-electron chi connectivity index (χ3n) is 4.37. The first kappa shape index (κ1) is 27.0. The zero-order valence-corrected chi connectivity index (χ0v) is 16.5. The van der Waals surface area contributed by atoms with Crippen molar-refractivity contribution in [1.29, 1.82) is 0 Å². The van der Waals surface area contributed by atoms with Crippen LogP contribution in [0.15, 0.2) is 12.1 Å². The first-order valence-electron chi connectivity index (χ1n) is 9.17. The van der Waals surface area contributed by atoms with Crippen molar-refractivity contribution in [2.24, 2.45) is 17.6 Å². The highest BCUT2D eigenvalue weighted by Crippen LogP contribution is 2.45. The monoisotopic (exact) mass is 471 g/mol. The molecule has 1 aromatic carbocycles. The Morgan fingerprint density at radius 2 is 1.32 bits per heavy atom. The Balaban J connectivity index is 3.45. The fourth-order valence-electron chi connectivity index (χ4n) is 2.98. The summed E-state index contributed by atoms with van der Waals surface area (Å²) in [6.07, 6.45) is -15.6. The van der Waals surface area contributed by atoms with Gasteiger partial charge in [0.15, 0.2) is 11.5 Å². The van der Waals surface area contributed by atoms with Crippen LogP contribution in [-0.2, 0) is 6.42 Å². The Morgan fingerprint density at radius 3 is 1.77 bits per heavy atom. The Labute approximate surface area is 172 Å². The van der Waals surface area contributed by atoms with Gasteiger partial charge in [-0.15, -0.1) is 39.5 Å². The van der Waals surface area contributed by atoms with Gasteiger partial charge in [0.05, 0.1) is 0 Å². The standard InChI is InChI=1S/C18H22F9NO3/c1-3-11(8-10(2)9-28)4-5-12-13(29-16(19,20)21)6-7-14(30-17(22,23)24)15(12)31-18(25,26)27/h6-7,10-11H,3-5,8-9,28H2,1-2H3. The third kappa shape index (κ3) is 10.2. The van der Waals surface area contributed by atoms with Crippen LogP contribution < -0.4 is 19.9 Å². The van der Waals surface area contributed by atoms with Gasteiger partial charge in [-0.1, -0.05) is 20.3 Å². The third-order valence-corrected chi connectivity index (χ3v) is 4.37. The lowest BCUT2D eigenvalue weighted by Crippen LogP contribution is -2.24. The van der Waals surface area contributed by atoms with Crippen molar-refractivity contribution in [2.75, 3.05) is 6.54 Å². The lowest BCUT2D eigenvalue weighted by Gasteiger charge is -2.23. The van der Waals surface area contributed by atoms with E-state index in [1.54, 1.807) is 6.92 Å². The van der Waals surface area contributed by atoms with Crippen LogP contribution >= 0.6 is 0 Å². The minimum atomic E-state index is -5.49. The van der Waals surface area contributed by atoms with Crippen molar-refractivity contribution in [1.82, 2.24) is 0 Å². The fourth-order valence-corrected chi connectivity index (χ4v) is 2.98. The molecule has 0 radical (unpaired) electrons. The fraction of sp³-hybridized carbons (Fsp3) is 0.667. The predicted octanol–water partition coefficient (Wildman–Crippen LogP) is 6.33. The summed E-state index contributed by atoms with van der Waals surface area (Å²) in [6.45, 7) is 3.89. The maximum absolute atomic E-state index is 12.9. The molecule has 4 nitrogen and oxygen atoms in total. The first-order chi connectivity index (χ1) is 14.0. The van der Waals surface area contributed by atoms with Crippen LogP contribution in [0.1, 0.15) is 38.7 Å². The molecule has 0 fully saturated rings. The molecular formula is C18H22F9NO3. The predicted molar refractivity (Wildman–Crippen MR) is 91.4 cm³/mol. The van der Waals surface area contributed by atoms with Crippen molar-refractivity contribution in [3.8, 4) is 17.2 Å². The molecule has 0 aliphatic carbocycles. The second kappa shape index (κ2) is 10.5. The minimum absolute atomic E-state index is 0.0293. The normalized spacial score (nSPS) is 14.8. The lowest BCUT2D eigenvalue weighted by atomic mass is 9.88. The SMILES string of the molecule is CCC(CCc1c(OC(F)(F)F)ccc(OC(F)(F)F)c1OC(F)(F)F)CC(C)CN. The van der Waals surface area contributed by atoms with Gasteiger partial charge in [0, 0.05) is 5.56 Å². The van der Waals surface area contributed by atoms with Crippen LogP contribution in [-0.4, -0.2) is 25.6 Å². The van der Waals surface area contributed by atoms with E-state index < -0.39 is 48.3 Å². The van der Waals surface area contributed by atoms with Gasteiger partial charge in [-0.3, -0.25) is 0 Å². The van der Waals surface area contributed by atoms with E-state index in [4.69, 9.17) is 5.73 Å². The Morgan fingerprint density at radius 1 is 0.839 bits per heavy atom. The smallest absolute Gasteiger partial charge is 0.405 e. The zero-order valence-electron chi connectivity index (χ0n) is 16.5. The van der Waals surface area contributed by atoms with Crippen molar-refractivity contribution >= 4 is 0 Å². The van der Waals surface area contributed by atoms with Crippen molar-refractivity contribution in [2.45, 2.75) is 58.6 Å². The highest BCUT2D eigenvalue weighted by Gasteiger charge is 2.40. The zero-order chi connectivity index (χ0) is 24.0. The molecule has 2 atom stereocenters. The van der Waals surface area contributed by atoms with Gasteiger partial charge in [0.2, 0.25) is 0 Å². The molecule has 0 heterocycles. The molecule has 31 heavy (non-hydrogen) atoms. The van der Waals surface area contributed by atoms with Gasteiger partial charge in [-0.05, 0) is 49.8 Å². The van der Waals surface area contributed by atoms with Gasteiger partial charge in [0.1, 0.15) is 5.75 Å². The van der Waals surface area contributed by atoms with E-state index in [1.165, 1.54) is 0 Å². The van der Waals surface area contributed by atoms with E-state index >= 15 is 0 Å². The molecule has 1 rings (SSSR count). The molecule has 13 heteroatoms. The van der Waals surface area contributed by atoms with Crippen LogP contribution in [0.2, 0.25) is 0 Å². The molecule has 0 saturated carbocycles. The molecule has 0 aliphatic heterocycles. The van der Waals surface area contributed by atoms with E-state index in [1.807, 2.05) is 6.92 Å². The van der Waals surface area contributed by atoms with Crippen LogP contribution in [0.5, 0.6) is 17.2 Å². The van der Waals surface area contributed by atoms with Gasteiger partial charge >= 0.3 is 19.1 Å². The maximum Gasteiger partial charge on any atom is 0.573 e. The first-order valence-corrected chi connectivity index (χ1v) is 9.17. The van der Waals surface area contributed by atoms with Crippen LogP contribution in [0.25, 0.3) is 0 Å². The van der Waals surface area contributed by atoms with Gasteiger partial charge in [-0.2, -0.15) is 0 Å². The number of halogens is 9. The quantitative estimate of drug-likeness (QED) is 0.406. The second-order valence-corrected chi connectivity index (χ2v) is 6.90. The maximum atomic E-state index is 12.9. The summed E-state index contributed by atoms with van der Waals surface area (Å²) in [5.41, 5.74) is 4.70. The molecule has 0 bridgehead atoms. The van der Waals surface area contributed by atoms with E-state index in [0.717, 1.165) is 0 Å². The van der Waals surface area contributed by atoms with E-state index in [-0.39, 0.29) is 24.3 Å². The number of alkyl halides is 9. The highest BCUT2D eigenvalue weighted by atomic mass is 19.4. The topological polar surface area (TPSA) is 53.7 Å². The number of ether oxygens (including phenoxy) is 3. The van der Waals surface area contributed by atoms with Crippen molar-refractivity contribution < 1.29 is 53.7 Å². The molecule has 1 aromatic rings.